The summed E-state index contributed by atoms with van der Waals surface area (Å²) in [7, 11) is 2.01. The second kappa shape index (κ2) is 5.63. The van der Waals surface area contributed by atoms with Crippen molar-refractivity contribution in [3.8, 4) is 0 Å². The zero-order chi connectivity index (χ0) is 12.1. The van der Waals surface area contributed by atoms with Crippen LogP contribution in [-0.4, -0.2) is 25.6 Å². The van der Waals surface area contributed by atoms with Crippen molar-refractivity contribution in [2.75, 3.05) is 6.54 Å². The molecule has 0 atom stereocenters. The fraction of sp³-hybridized carbons (Fsp3) is 0.500. The van der Waals surface area contributed by atoms with Crippen LogP contribution in [0.25, 0.3) is 0 Å². The Morgan fingerprint density at radius 2 is 2.29 bits per heavy atom. The predicted molar refractivity (Wildman–Crippen MR) is 66.5 cm³/mol. The van der Waals surface area contributed by atoms with E-state index in [1.807, 2.05) is 36.5 Å². The Balaban J connectivity index is 2.01. The molecule has 17 heavy (non-hydrogen) atoms. The Morgan fingerprint density at radius 3 is 3.00 bits per heavy atom. The minimum Gasteiger partial charge on any atom is -0.337 e. The molecule has 0 aromatic carbocycles. The Bertz CT molecular complexity index is 457. The number of imidazole rings is 2. The predicted octanol–water partition coefficient (Wildman–Crippen LogP) is 1.16. The van der Waals surface area contributed by atoms with Crippen molar-refractivity contribution in [3.05, 3.63) is 36.4 Å². The molecule has 0 bridgehead atoms. The van der Waals surface area contributed by atoms with Crippen LogP contribution < -0.4 is 5.32 Å². The van der Waals surface area contributed by atoms with Crippen molar-refractivity contribution in [1.82, 2.24) is 24.4 Å². The summed E-state index contributed by atoms with van der Waals surface area (Å²) in [6.07, 6.45) is 8.69. The van der Waals surface area contributed by atoms with Crippen LogP contribution in [-0.2, 0) is 20.1 Å². The van der Waals surface area contributed by atoms with Crippen LogP contribution in [0, 0.1) is 0 Å². The summed E-state index contributed by atoms with van der Waals surface area (Å²) >= 11 is 0. The smallest absolute Gasteiger partial charge is 0.128 e. The highest BCUT2D eigenvalue weighted by Crippen LogP contribution is 2.04. The number of hydrogen-bond donors (Lipinski definition) is 1. The first-order chi connectivity index (χ1) is 8.31. The second-order valence-corrected chi connectivity index (χ2v) is 4.14. The van der Waals surface area contributed by atoms with Gasteiger partial charge in [0.2, 0.25) is 0 Å². The van der Waals surface area contributed by atoms with Crippen LogP contribution in [0.1, 0.15) is 24.9 Å². The average molecular weight is 233 g/mol. The third-order valence-corrected chi connectivity index (χ3v) is 2.76. The van der Waals surface area contributed by atoms with Crippen molar-refractivity contribution in [2.24, 2.45) is 7.05 Å². The molecule has 2 aromatic rings. The Kier molecular flexibility index (Phi) is 3.93. The zero-order valence-corrected chi connectivity index (χ0v) is 10.4. The Morgan fingerprint density at radius 1 is 1.41 bits per heavy atom. The van der Waals surface area contributed by atoms with E-state index in [-0.39, 0.29) is 0 Å². The lowest BCUT2D eigenvalue weighted by atomic mass is 10.4. The molecule has 5 nitrogen and oxygen atoms in total. The van der Waals surface area contributed by atoms with Gasteiger partial charge in [-0.05, 0) is 13.0 Å². The van der Waals surface area contributed by atoms with Gasteiger partial charge in [-0.1, -0.05) is 6.92 Å². The molecule has 0 fully saturated rings. The van der Waals surface area contributed by atoms with Crippen LogP contribution in [0.3, 0.4) is 0 Å². The summed E-state index contributed by atoms with van der Waals surface area (Å²) in [6, 6.07) is 0. The molecule has 0 aliphatic carbocycles. The molecule has 2 heterocycles. The van der Waals surface area contributed by atoms with Crippen molar-refractivity contribution in [1.29, 1.82) is 0 Å². The molecule has 0 radical (unpaired) electrons. The first kappa shape index (κ1) is 11.9. The van der Waals surface area contributed by atoms with Gasteiger partial charge < -0.3 is 14.5 Å². The SMILES string of the molecule is CCCNCc1cncn1Cc1nccn1C. The molecule has 2 aromatic heterocycles. The number of hydrogen-bond acceptors (Lipinski definition) is 3. The van der Waals surface area contributed by atoms with Crippen LogP contribution >= 0.6 is 0 Å². The number of aromatic nitrogens is 4. The quantitative estimate of drug-likeness (QED) is 0.762. The van der Waals surface area contributed by atoms with E-state index >= 15 is 0 Å². The summed E-state index contributed by atoms with van der Waals surface area (Å²) in [5, 5.41) is 3.38. The normalized spacial score (nSPS) is 10.9. The lowest BCUT2D eigenvalue weighted by Crippen LogP contribution is -2.17. The standard InChI is InChI=1S/C12H19N5/c1-3-4-13-7-11-8-14-10-17(11)9-12-15-5-6-16(12)2/h5-6,8,10,13H,3-4,7,9H2,1-2H3. The van der Waals surface area contributed by atoms with Gasteiger partial charge >= 0.3 is 0 Å². The van der Waals surface area contributed by atoms with E-state index in [4.69, 9.17) is 0 Å². The fourth-order valence-electron chi connectivity index (χ4n) is 1.73. The molecule has 92 valence electrons. The van der Waals surface area contributed by atoms with E-state index < -0.39 is 0 Å². The number of nitrogens with zero attached hydrogens (tertiary/aromatic N) is 4. The van der Waals surface area contributed by atoms with Gasteiger partial charge in [-0.2, -0.15) is 0 Å². The topological polar surface area (TPSA) is 47.7 Å². The number of rotatable bonds is 6. The lowest BCUT2D eigenvalue weighted by molar-refractivity contribution is 0.613. The van der Waals surface area contributed by atoms with Crippen LogP contribution in [0.15, 0.2) is 24.9 Å². The van der Waals surface area contributed by atoms with Gasteiger partial charge in [0.1, 0.15) is 5.82 Å². The van der Waals surface area contributed by atoms with Gasteiger partial charge in [-0.3, -0.25) is 0 Å². The maximum atomic E-state index is 4.32. The van der Waals surface area contributed by atoms with Crippen LogP contribution in [0.4, 0.5) is 0 Å². The lowest BCUT2D eigenvalue weighted by Gasteiger charge is -2.08. The minimum atomic E-state index is 0.770. The average Bonchev–Trinajstić information content (AvgIpc) is 2.91. The van der Waals surface area contributed by atoms with E-state index in [9.17, 15) is 0 Å². The molecule has 0 aliphatic rings. The Labute approximate surface area is 102 Å². The third kappa shape index (κ3) is 2.94. The van der Waals surface area contributed by atoms with Crippen molar-refractivity contribution in [2.45, 2.75) is 26.4 Å². The van der Waals surface area contributed by atoms with E-state index in [1.54, 1.807) is 0 Å². The van der Waals surface area contributed by atoms with Gasteiger partial charge in [-0.25, -0.2) is 9.97 Å². The molecule has 1 N–H and O–H groups in total. The maximum Gasteiger partial charge on any atom is 0.128 e. The van der Waals surface area contributed by atoms with Gasteiger partial charge in [0.05, 0.1) is 18.6 Å². The van der Waals surface area contributed by atoms with E-state index in [2.05, 4.69) is 26.8 Å². The van der Waals surface area contributed by atoms with E-state index in [0.29, 0.717) is 0 Å². The maximum absolute atomic E-state index is 4.32. The number of nitrogens with one attached hydrogen (secondary N) is 1. The first-order valence-corrected chi connectivity index (χ1v) is 5.97. The molecule has 0 aliphatic heterocycles. The molecular weight excluding hydrogens is 214 g/mol. The van der Waals surface area contributed by atoms with Crippen molar-refractivity contribution >= 4 is 0 Å². The van der Waals surface area contributed by atoms with Crippen LogP contribution in [0.5, 0.6) is 0 Å². The third-order valence-electron chi connectivity index (χ3n) is 2.76. The minimum absolute atomic E-state index is 0.770. The molecule has 5 heteroatoms. The molecule has 0 saturated carbocycles. The van der Waals surface area contributed by atoms with E-state index in [0.717, 1.165) is 31.9 Å². The van der Waals surface area contributed by atoms with Crippen molar-refractivity contribution in [3.63, 3.8) is 0 Å². The molecular formula is C12H19N5. The van der Waals surface area contributed by atoms with E-state index in [1.165, 1.54) is 5.69 Å². The molecule has 0 saturated heterocycles. The molecule has 0 unspecified atom stereocenters. The zero-order valence-electron chi connectivity index (χ0n) is 10.4. The summed E-state index contributed by atoms with van der Waals surface area (Å²) in [4.78, 5) is 8.52. The van der Waals surface area contributed by atoms with Gasteiger partial charge in [0.25, 0.3) is 0 Å². The van der Waals surface area contributed by atoms with Gasteiger partial charge in [-0.15, -0.1) is 0 Å². The largest absolute Gasteiger partial charge is 0.337 e. The molecule has 0 amide bonds. The highest BCUT2D eigenvalue weighted by atomic mass is 15.1. The highest BCUT2D eigenvalue weighted by molar-refractivity contribution is 5.02. The molecule has 0 spiro atoms. The summed E-state index contributed by atoms with van der Waals surface area (Å²) in [5.41, 5.74) is 1.20. The monoisotopic (exact) mass is 233 g/mol. The number of aryl methyl sites for hydroxylation is 1. The highest BCUT2D eigenvalue weighted by Gasteiger charge is 2.05. The second-order valence-electron chi connectivity index (χ2n) is 4.14. The Hall–Kier alpha value is -1.62. The van der Waals surface area contributed by atoms with Crippen LogP contribution in [0.2, 0.25) is 0 Å². The summed E-state index contributed by atoms with van der Waals surface area (Å²) in [6.45, 7) is 4.83. The summed E-state index contributed by atoms with van der Waals surface area (Å²) in [5.74, 6) is 1.04. The van der Waals surface area contributed by atoms with Gasteiger partial charge in [0.15, 0.2) is 0 Å². The first-order valence-electron chi connectivity index (χ1n) is 5.97. The molecule has 2 rings (SSSR count). The van der Waals surface area contributed by atoms with Crippen molar-refractivity contribution < 1.29 is 0 Å². The van der Waals surface area contributed by atoms with Gasteiger partial charge in [0, 0.05) is 32.2 Å². The summed E-state index contributed by atoms with van der Waals surface area (Å²) < 4.78 is 4.16. The fourth-order valence-corrected chi connectivity index (χ4v) is 1.73.